The lowest BCUT2D eigenvalue weighted by Gasteiger charge is -2.35. The van der Waals surface area contributed by atoms with Gasteiger partial charge in [-0.05, 0) is 69.6 Å². The Hall–Kier alpha value is -2.34. The van der Waals surface area contributed by atoms with Gasteiger partial charge in [-0.15, -0.1) is 0 Å². The monoisotopic (exact) mass is 500 g/mol. The second-order valence-corrected chi connectivity index (χ2v) is 10.4. The Morgan fingerprint density at radius 3 is 2.49 bits per heavy atom. The number of halogens is 1. The number of fused-ring (bicyclic) bond motifs is 1. The topological polar surface area (TPSA) is 66.9 Å². The van der Waals surface area contributed by atoms with E-state index in [0.717, 1.165) is 69.3 Å². The van der Waals surface area contributed by atoms with Crippen molar-refractivity contribution in [1.82, 2.24) is 9.80 Å². The fraction of sp³-hybridized carbons (Fsp3) is 0.607. The number of hydrogen-bond donors (Lipinski definition) is 0. The first-order chi connectivity index (χ1) is 17.0. The lowest BCUT2D eigenvalue weighted by atomic mass is 9.69. The second kappa shape index (κ2) is 11.6. The molecule has 0 aromatic heterocycles. The van der Waals surface area contributed by atoms with Crippen LogP contribution in [0, 0.1) is 11.3 Å². The van der Waals surface area contributed by atoms with Gasteiger partial charge in [0.05, 0.1) is 12.5 Å². The van der Waals surface area contributed by atoms with Gasteiger partial charge in [0.1, 0.15) is 5.41 Å². The van der Waals surface area contributed by atoms with Crippen LogP contribution in [0.1, 0.15) is 70.3 Å². The van der Waals surface area contributed by atoms with Crippen LogP contribution in [-0.2, 0) is 25.5 Å². The van der Waals surface area contributed by atoms with Gasteiger partial charge < -0.3 is 14.5 Å². The molecule has 3 aliphatic rings. The van der Waals surface area contributed by atoms with E-state index in [4.69, 9.17) is 16.3 Å². The van der Waals surface area contributed by atoms with Gasteiger partial charge in [-0.2, -0.15) is 0 Å². The molecule has 0 saturated carbocycles. The molecular formula is C28H37ClN2O4. The van der Waals surface area contributed by atoms with Gasteiger partial charge in [0.2, 0.25) is 11.8 Å². The van der Waals surface area contributed by atoms with E-state index < -0.39 is 11.3 Å². The maximum atomic E-state index is 14.0. The highest BCUT2D eigenvalue weighted by Gasteiger charge is 2.61. The van der Waals surface area contributed by atoms with E-state index in [9.17, 15) is 14.4 Å². The highest BCUT2D eigenvalue weighted by molar-refractivity contribution is 6.30. The minimum Gasteiger partial charge on any atom is -0.465 e. The zero-order valence-electron chi connectivity index (χ0n) is 20.8. The second-order valence-electron chi connectivity index (χ2n) is 9.95. The molecule has 0 radical (unpaired) electrons. The Kier molecular flexibility index (Phi) is 8.53. The third-order valence-electron chi connectivity index (χ3n) is 7.78. The molecule has 6 nitrogen and oxygen atoms in total. The summed E-state index contributed by atoms with van der Waals surface area (Å²) in [4.78, 5) is 44.6. The normalized spacial score (nSPS) is 26.4. The predicted molar refractivity (Wildman–Crippen MR) is 136 cm³/mol. The number of esters is 1. The van der Waals surface area contributed by atoms with Gasteiger partial charge in [0, 0.05) is 36.8 Å². The van der Waals surface area contributed by atoms with Gasteiger partial charge in [0.15, 0.2) is 0 Å². The van der Waals surface area contributed by atoms with E-state index in [2.05, 4.69) is 6.08 Å². The maximum Gasteiger partial charge on any atom is 0.318 e. The summed E-state index contributed by atoms with van der Waals surface area (Å²) < 4.78 is 5.61. The molecule has 0 N–H and O–H groups in total. The van der Waals surface area contributed by atoms with Crippen molar-refractivity contribution in [2.24, 2.45) is 11.3 Å². The van der Waals surface area contributed by atoms with Crippen molar-refractivity contribution in [3.63, 3.8) is 0 Å². The zero-order valence-corrected chi connectivity index (χ0v) is 21.5. The van der Waals surface area contributed by atoms with Crippen molar-refractivity contribution in [3.05, 3.63) is 46.6 Å². The molecule has 0 bridgehead atoms. The maximum absolute atomic E-state index is 14.0. The number of ether oxygens (including phenoxy) is 1. The van der Waals surface area contributed by atoms with E-state index in [1.54, 1.807) is 11.8 Å². The molecule has 1 aliphatic carbocycles. The summed E-state index contributed by atoms with van der Waals surface area (Å²) in [5.41, 5.74) is 0.744. The van der Waals surface area contributed by atoms with Crippen molar-refractivity contribution in [3.8, 4) is 0 Å². The van der Waals surface area contributed by atoms with Crippen LogP contribution in [0.3, 0.4) is 0 Å². The van der Waals surface area contributed by atoms with Crippen molar-refractivity contribution in [2.45, 2.75) is 71.1 Å². The first-order valence-electron chi connectivity index (χ1n) is 13.2. The summed E-state index contributed by atoms with van der Waals surface area (Å²) in [5.74, 6) is -1.21. The van der Waals surface area contributed by atoms with Crippen LogP contribution < -0.4 is 0 Å². The van der Waals surface area contributed by atoms with Crippen LogP contribution >= 0.6 is 11.6 Å². The third-order valence-corrected chi connectivity index (χ3v) is 8.04. The molecular weight excluding hydrogens is 464 g/mol. The van der Waals surface area contributed by atoms with Crippen molar-refractivity contribution >= 4 is 29.4 Å². The lowest BCUT2D eigenvalue weighted by molar-refractivity contribution is -0.158. The summed E-state index contributed by atoms with van der Waals surface area (Å²) in [6.45, 7) is 3.97. The van der Waals surface area contributed by atoms with Crippen LogP contribution in [0.2, 0.25) is 5.02 Å². The molecule has 190 valence electrons. The number of nitrogens with zero attached hydrogens (tertiary/aromatic N) is 2. The van der Waals surface area contributed by atoms with Crippen molar-refractivity contribution in [1.29, 1.82) is 0 Å². The minimum atomic E-state index is -1.08. The molecule has 35 heavy (non-hydrogen) atoms. The number of rotatable bonds is 7. The van der Waals surface area contributed by atoms with Crippen LogP contribution in [0.5, 0.6) is 0 Å². The SMILES string of the molecule is CCOC(=O)[C@]12CCCCC/C=C\1N(CCc1ccc(Cl)cc1)C(=O)[C@H]2CC(=O)N1CCCCC1. The molecule has 2 fully saturated rings. The van der Waals surface area contributed by atoms with Gasteiger partial charge in [-0.3, -0.25) is 14.4 Å². The van der Waals surface area contributed by atoms with Gasteiger partial charge >= 0.3 is 5.97 Å². The Morgan fingerprint density at radius 2 is 1.77 bits per heavy atom. The first kappa shape index (κ1) is 25.7. The summed E-state index contributed by atoms with van der Waals surface area (Å²) >= 11 is 6.04. The summed E-state index contributed by atoms with van der Waals surface area (Å²) in [7, 11) is 0. The molecule has 1 aromatic carbocycles. The standard InChI is InChI=1S/C28H37ClN2O4/c1-2-35-27(34)28-16-7-4-3-6-10-24(28)31(19-15-21-11-13-22(29)14-12-21)26(33)23(28)20-25(32)30-17-8-5-9-18-30/h10-14,23H,2-9,15-20H2,1H3/b24-10+/t23-,28+/m1/s1. The molecule has 4 rings (SSSR count). The average Bonchev–Trinajstić information content (AvgIpc) is 3.06. The molecule has 0 spiro atoms. The number of benzene rings is 1. The van der Waals surface area contributed by atoms with Gasteiger partial charge in [-0.25, -0.2) is 0 Å². The zero-order chi connectivity index (χ0) is 24.8. The third kappa shape index (κ3) is 5.42. The van der Waals surface area contributed by atoms with E-state index in [-0.39, 0.29) is 30.8 Å². The largest absolute Gasteiger partial charge is 0.465 e. The number of amides is 2. The fourth-order valence-electron chi connectivity index (χ4n) is 5.94. The van der Waals surface area contributed by atoms with E-state index in [1.807, 2.05) is 29.2 Å². The number of likely N-dealkylation sites (tertiary alicyclic amines) is 2. The quantitative estimate of drug-likeness (QED) is 0.486. The van der Waals surface area contributed by atoms with E-state index in [1.165, 1.54) is 0 Å². The molecule has 0 unspecified atom stereocenters. The Labute approximate surface area is 213 Å². The number of piperidine rings is 1. The molecule has 2 heterocycles. The summed E-state index contributed by atoms with van der Waals surface area (Å²) in [6, 6.07) is 7.62. The van der Waals surface area contributed by atoms with Crippen LogP contribution in [-0.4, -0.2) is 53.8 Å². The Balaban J connectivity index is 1.67. The number of hydrogen-bond acceptors (Lipinski definition) is 4. The molecule has 7 heteroatoms. The van der Waals surface area contributed by atoms with Crippen molar-refractivity contribution < 1.29 is 19.1 Å². The minimum absolute atomic E-state index is 0.0207. The van der Waals surface area contributed by atoms with Crippen LogP contribution in [0.4, 0.5) is 0 Å². The Morgan fingerprint density at radius 1 is 1.06 bits per heavy atom. The number of carbonyl (C=O) groups excluding carboxylic acids is 3. The molecule has 2 atom stereocenters. The molecule has 2 aliphatic heterocycles. The highest BCUT2D eigenvalue weighted by Crippen LogP contribution is 2.52. The van der Waals surface area contributed by atoms with Crippen molar-refractivity contribution in [2.75, 3.05) is 26.2 Å². The fourth-order valence-corrected chi connectivity index (χ4v) is 6.06. The van der Waals surface area contributed by atoms with Crippen LogP contribution in [0.25, 0.3) is 0 Å². The van der Waals surface area contributed by atoms with Gasteiger partial charge in [-0.1, -0.05) is 42.7 Å². The highest BCUT2D eigenvalue weighted by atomic mass is 35.5. The van der Waals surface area contributed by atoms with E-state index >= 15 is 0 Å². The lowest BCUT2D eigenvalue weighted by Crippen LogP contribution is -2.44. The molecule has 2 saturated heterocycles. The molecule has 2 amide bonds. The van der Waals surface area contributed by atoms with Crippen LogP contribution in [0.15, 0.2) is 36.0 Å². The number of allylic oxidation sites excluding steroid dienone is 1. The average molecular weight is 501 g/mol. The predicted octanol–water partition coefficient (Wildman–Crippen LogP) is 5.14. The van der Waals surface area contributed by atoms with Gasteiger partial charge in [0.25, 0.3) is 0 Å². The summed E-state index contributed by atoms with van der Waals surface area (Å²) in [6.07, 6.45) is 10.1. The summed E-state index contributed by atoms with van der Waals surface area (Å²) in [5, 5.41) is 0.673. The Bertz CT molecular complexity index is 954. The molecule has 1 aromatic rings. The van der Waals surface area contributed by atoms with E-state index in [0.29, 0.717) is 24.4 Å². The first-order valence-corrected chi connectivity index (χ1v) is 13.6. The smallest absolute Gasteiger partial charge is 0.318 e. The number of carbonyl (C=O) groups is 3.